The monoisotopic (exact) mass is 289 g/mol. The van der Waals surface area contributed by atoms with Gasteiger partial charge in [0.15, 0.2) is 17.5 Å². The Labute approximate surface area is 122 Å². The fourth-order valence-electron chi connectivity index (χ4n) is 2.65. The molecule has 0 unspecified atom stereocenters. The lowest BCUT2D eigenvalue weighted by atomic mass is 10.0. The van der Waals surface area contributed by atoms with Gasteiger partial charge in [-0.25, -0.2) is 18.7 Å². The summed E-state index contributed by atoms with van der Waals surface area (Å²) in [5.74, 6) is -1.25. The molecule has 1 aromatic carbocycles. The van der Waals surface area contributed by atoms with Gasteiger partial charge in [-0.3, -0.25) is 0 Å². The van der Waals surface area contributed by atoms with E-state index in [1.165, 1.54) is 11.6 Å². The van der Waals surface area contributed by atoms with Crippen molar-refractivity contribution in [2.45, 2.75) is 32.7 Å². The molecule has 0 radical (unpaired) electrons. The van der Waals surface area contributed by atoms with Crippen molar-refractivity contribution in [3.8, 4) is 11.4 Å². The van der Waals surface area contributed by atoms with Crippen molar-refractivity contribution in [2.24, 2.45) is 0 Å². The Morgan fingerprint density at radius 3 is 2.81 bits per heavy atom. The molecule has 1 aliphatic rings. The van der Waals surface area contributed by atoms with E-state index in [2.05, 4.69) is 22.2 Å². The molecule has 0 aliphatic carbocycles. The number of hydrogen-bond donors (Lipinski definition) is 1. The predicted octanol–water partition coefficient (Wildman–Crippen LogP) is 3.02. The van der Waals surface area contributed by atoms with Crippen LogP contribution in [0.2, 0.25) is 0 Å². The van der Waals surface area contributed by atoms with Crippen molar-refractivity contribution in [2.75, 3.05) is 6.54 Å². The Balaban J connectivity index is 2.09. The topological polar surface area (TPSA) is 37.8 Å². The maximum atomic E-state index is 13.4. The molecule has 0 amide bonds. The Morgan fingerprint density at radius 1 is 1.19 bits per heavy atom. The summed E-state index contributed by atoms with van der Waals surface area (Å²) in [5.41, 5.74) is 3.73. The number of benzene rings is 1. The van der Waals surface area contributed by atoms with Crippen LogP contribution in [0.1, 0.15) is 30.3 Å². The summed E-state index contributed by atoms with van der Waals surface area (Å²) in [5, 5.41) is 3.29. The second-order valence-electron chi connectivity index (χ2n) is 5.22. The summed E-state index contributed by atoms with van der Waals surface area (Å²) in [6.07, 6.45) is 2.79. The lowest BCUT2D eigenvalue weighted by molar-refractivity contribution is 0.509. The molecule has 2 heterocycles. The van der Waals surface area contributed by atoms with E-state index in [1.807, 2.05) is 0 Å². The van der Waals surface area contributed by atoms with E-state index in [4.69, 9.17) is 0 Å². The highest BCUT2D eigenvalue weighted by atomic mass is 19.2. The molecular weight excluding hydrogens is 272 g/mol. The minimum atomic E-state index is -0.871. The normalized spacial score (nSPS) is 14.0. The van der Waals surface area contributed by atoms with Gasteiger partial charge in [-0.1, -0.05) is 13.3 Å². The summed E-state index contributed by atoms with van der Waals surface area (Å²) in [4.78, 5) is 9.12. The first-order valence-electron chi connectivity index (χ1n) is 7.24. The van der Waals surface area contributed by atoms with E-state index in [0.717, 1.165) is 49.3 Å². The molecule has 2 aromatic rings. The molecule has 0 fully saturated rings. The van der Waals surface area contributed by atoms with Crippen LogP contribution in [0.5, 0.6) is 0 Å². The van der Waals surface area contributed by atoms with Crippen LogP contribution >= 0.6 is 0 Å². The minimum Gasteiger partial charge on any atom is -0.311 e. The van der Waals surface area contributed by atoms with E-state index in [9.17, 15) is 8.78 Å². The molecule has 1 aliphatic heterocycles. The van der Waals surface area contributed by atoms with Crippen molar-refractivity contribution in [1.82, 2.24) is 15.3 Å². The van der Waals surface area contributed by atoms with Crippen LogP contribution in [0, 0.1) is 11.6 Å². The van der Waals surface area contributed by atoms with Crippen LogP contribution < -0.4 is 5.32 Å². The highest BCUT2D eigenvalue weighted by Gasteiger charge is 2.18. The SMILES string of the molecule is CCCc1nc(-c2ccc(F)c(F)c2)nc2c1CCNC2. The molecule has 3 rings (SSSR count). The number of rotatable bonds is 3. The third-order valence-electron chi connectivity index (χ3n) is 3.69. The molecule has 5 heteroatoms. The summed E-state index contributed by atoms with van der Waals surface area (Å²) < 4.78 is 26.5. The molecule has 0 spiro atoms. The van der Waals surface area contributed by atoms with Gasteiger partial charge in [-0.2, -0.15) is 0 Å². The number of aryl methyl sites for hydroxylation is 1. The van der Waals surface area contributed by atoms with E-state index in [1.54, 1.807) is 0 Å². The smallest absolute Gasteiger partial charge is 0.159 e. The first-order chi connectivity index (χ1) is 10.2. The minimum absolute atomic E-state index is 0.472. The molecule has 1 N–H and O–H groups in total. The van der Waals surface area contributed by atoms with Crippen LogP contribution in [0.25, 0.3) is 11.4 Å². The zero-order valence-electron chi connectivity index (χ0n) is 11.9. The van der Waals surface area contributed by atoms with Gasteiger partial charge in [-0.15, -0.1) is 0 Å². The highest BCUT2D eigenvalue weighted by Crippen LogP contribution is 2.23. The van der Waals surface area contributed by atoms with Crippen molar-refractivity contribution < 1.29 is 8.78 Å². The van der Waals surface area contributed by atoms with Gasteiger partial charge in [0.25, 0.3) is 0 Å². The van der Waals surface area contributed by atoms with E-state index in [-0.39, 0.29) is 0 Å². The third-order valence-corrected chi connectivity index (χ3v) is 3.69. The second kappa shape index (κ2) is 5.85. The molecular formula is C16H17F2N3. The highest BCUT2D eigenvalue weighted by molar-refractivity contribution is 5.56. The van der Waals surface area contributed by atoms with Crippen LogP contribution in [-0.2, 0) is 19.4 Å². The van der Waals surface area contributed by atoms with Gasteiger partial charge >= 0.3 is 0 Å². The number of nitrogens with one attached hydrogen (secondary N) is 1. The fourth-order valence-corrected chi connectivity index (χ4v) is 2.65. The lowest BCUT2D eigenvalue weighted by Gasteiger charge is -2.20. The quantitative estimate of drug-likeness (QED) is 0.944. The third kappa shape index (κ3) is 2.78. The average Bonchev–Trinajstić information content (AvgIpc) is 2.50. The maximum absolute atomic E-state index is 13.4. The number of halogens is 2. The molecule has 21 heavy (non-hydrogen) atoms. The van der Waals surface area contributed by atoms with Gasteiger partial charge in [-0.05, 0) is 43.1 Å². The lowest BCUT2D eigenvalue weighted by Crippen LogP contribution is -2.26. The van der Waals surface area contributed by atoms with Gasteiger partial charge in [0.05, 0.1) is 5.69 Å². The van der Waals surface area contributed by atoms with Crippen LogP contribution in [0.15, 0.2) is 18.2 Å². The Bertz CT molecular complexity index is 671. The summed E-state index contributed by atoms with van der Waals surface area (Å²) >= 11 is 0. The van der Waals surface area contributed by atoms with Crippen LogP contribution in [-0.4, -0.2) is 16.5 Å². The average molecular weight is 289 g/mol. The first-order valence-corrected chi connectivity index (χ1v) is 7.24. The summed E-state index contributed by atoms with van der Waals surface area (Å²) in [7, 11) is 0. The number of hydrogen-bond acceptors (Lipinski definition) is 3. The van der Waals surface area contributed by atoms with Crippen LogP contribution in [0.4, 0.5) is 8.78 Å². The standard InChI is InChI=1S/C16H17F2N3/c1-2-3-14-11-6-7-19-9-15(11)21-16(20-14)10-4-5-12(17)13(18)8-10/h4-5,8,19H,2-3,6-7,9H2,1H3. The van der Waals surface area contributed by atoms with Gasteiger partial charge < -0.3 is 5.32 Å². The zero-order chi connectivity index (χ0) is 14.8. The van der Waals surface area contributed by atoms with Crippen molar-refractivity contribution >= 4 is 0 Å². The van der Waals surface area contributed by atoms with Crippen molar-refractivity contribution in [3.63, 3.8) is 0 Å². The Morgan fingerprint density at radius 2 is 2.05 bits per heavy atom. The molecule has 1 aromatic heterocycles. The summed E-state index contributed by atoms with van der Waals surface area (Å²) in [6, 6.07) is 3.79. The van der Waals surface area contributed by atoms with Crippen molar-refractivity contribution in [3.05, 3.63) is 46.8 Å². The second-order valence-corrected chi connectivity index (χ2v) is 5.22. The van der Waals surface area contributed by atoms with Gasteiger partial charge in [0, 0.05) is 17.8 Å². The van der Waals surface area contributed by atoms with Crippen molar-refractivity contribution in [1.29, 1.82) is 0 Å². The van der Waals surface area contributed by atoms with E-state index < -0.39 is 11.6 Å². The van der Waals surface area contributed by atoms with Gasteiger partial charge in [0.1, 0.15) is 0 Å². The summed E-state index contributed by atoms with van der Waals surface area (Å²) in [6.45, 7) is 3.73. The Kier molecular flexibility index (Phi) is 3.92. The molecule has 110 valence electrons. The first kappa shape index (κ1) is 14.1. The van der Waals surface area contributed by atoms with E-state index >= 15 is 0 Å². The Hall–Kier alpha value is -1.88. The number of fused-ring (bicyclic) bond motifs is 1. The molecule has 0 atom stereocenters. The molecule has 0 bridgehead atoms. The fraction of sp³-hybridized carbons (Fsp3) is 0.375. The number of nitrogens with zero attached hydrogens (tertiary/aromatic N) is 2. The number of aromatic nitrogens is 2. The molecule has 0 saturated heterocycles. The van der Waals surface area contributed by atoms with Gasteiger partial charge in [0.2, 0.25) is 0 Å². The zero-order valence-corrected chi connectivity index (χ0v) is 11.9. The molecule has 0 saturated carbocycles. The van der Waals surface area contributed by atoms with Crippen LogP contribution in [0.3, 0.4) is 0 Å². The molecule has 3 nitrogen and oxygen atoms in total. The largest absolute Gasteiger partial charge is 0.311 e. The predicted molar refractivity (Wildman–Crippen MR) is 76.8 cm³/mol. The van der Waals surface area contributed by atoms with E-state index in [0.29, 0.717) is 17.9 Å². The maximum Gasteiger partial charge on any atom is 0.159 e.